The number of carbonyl (C=O) groups excluding carboxylic acids is 1. The average molecular weight is 206 g/mol. The van der Waals surface area contributed by atoms with E-state index in [4.69, 9.17) is 0 Å². The first-order valence-corrected chi connectivity index (χ1v) is 5.13. The largest absolute Gasteiger partial charge is 0.336 e. The van der Waals surface area contributed by atoms with Crippen molar-refractivity contribution >= 4 is 11.7 Å². The van der Waals surface area contributed by atoms with Crippen molar-refractivity contribution in [1.82, 2.24) is 5.32 Å². The topological polar surface area (TPSA) is 41.1 Å². The van der Waals surface area contributed by atoms with Crippen LogP contribution in [0.4, 0.5) is 10.5 Å². The number of rotatable bonds is 2. The summed E-state index contributed by atoms with van der Waals surface area (Å²) in [4.78, 5) is 11.4. The van der Waals surface area contributed by atoms with Crippen LogP contribution in [0.15, 0.2) is 18.2 Å². The van der Waals surface area contributed by atoms with Gasteiger partial charge in [-0.15, -0.1) is 0 Å². The fourth-order valence-electron chi connectivity index (χ4n) is 1.48. The second-order valence-electron chi connectivity index (χ2n) is 4.13. The molecule has 0 saturated heterocycles. The Bertz CT molecular complexity index is 338. The zero-order chi connectivity index (χ0) is 11.4. The van der Waals surface area contributed by atoms with Crippen molar-refractivity contribution < 1.29 is 4.79 Å². The van der Waals surface area contributed by atoms with E-state index in [1.807, 2.05) is 39.8 Å². The molecule has 3 heteroatoms. The third-order valence-corrected chi connectivity index (χ3v) is 1.90. The molecule has 0 aromatic heterocycles. The molecule has 1 aromatic carbocycles. The molecular formula is C12H18N2O. The molecule has 2 N–H and O–H groups in total. The first kappa shape index (κ1) is 11.6. The summed E-state index contributed by atoms with van der Waals surface area (Å²) in [7, 11) is 0. The average Bonchev–Trinajstić information content (AvgIpc) is 1.98. The summed E-state index contributed by atoms with van der Waals surface area (Å²) >= 11 is 0. The normalized spacial score (nSPS) is 10.2. The zero-order valence-corrected chi connectivity index (χ0v) is 9.72. The standard InChI is InChI=1S/C12H18N2O/c1-8(2)13-12(15)14-11-6-9(3)5-10(4)7-11/h5-8H,1-4H3,(H2,13,14,15). The lowest BCUT2D eigenvalue weighted by atomic mass is 10.1. The summed E-state index contributed by atoms with van der Waals surface area (Å²) in [6, 6.07) is 5.97. The van der Waals surface area contributed by atoms with Crippen LogP contribution in [0, 0.1) is 13.8 Å². The van der Waals surface area contributed by atoms with E-state index >= 15 is 0 Å². The van der Waals surface area contributed by atoms with E-state index in [-0.39, 0.29) is 12.1 Å². The van der Waals surface area contributed by atoms with Crippen molar-refractivity contribution in [3.05, 3.63) is 29.3 Å². The van der Waals surface area contributed by atoms with E-state index < -0.39 is 0 Å². The van der Waals surface area contributed by atoms with E-state index in [9.17, 15) is 4.79 Å². The minimum absolute atomic E-state index is 0.149. The van der Waals surface area contributed by atoms with Crippen molar-refractivity contribution in [1.29, 1.82) is 0 Å². The van der Waals surface area contributed by atoms with Gasteiger partial charge in [0, 0.05) is 11.7 Å². The van der Waals surface area contributed by atoms with Crippen LogP contribution in [-0.4, -0.2) is 12.1 Å². The number of aryl methyl sites for hydroxylation is 2. The lowest BCUT2D eigenvalue weighted by molar-refractivity contribution is 0.250. The third kappa shape index (κ3) is 4.02. The second-order valence-corrected chi connectivity index (χ2v) is 4.13. The summed E-state index contributed by atoms with van der Waals surface area (Å²) in [5, 5.41) is 5.58. The molecule has 0 spiro atoms. The van der Waals surface area contributed by atoms with Gasteiger partial charge in [-0.1, -0.05) is 6.07 Å². The summed E-state index contributed by atoms with van der Waals surface area (Å²) in [5.41, 5.74) is 3.13. The van der Waals surface area contributed by atoms with Crippen LogP contribution in [0.25, 0.3) is 0 Å². The van der Waals surface area contributed by atoms with Crippen LogP contribution in [-0.2, 0) is 0 Å². The minimum Gasteiger partial charge on any atom is -0.336 e. The first-order valence-electron chi connectivity index (χ1n) is 5.13. The highest BCUT2D eigenvalue weighted by molar-refractivity contribution is 5.89. The van der Waals surface area contributed by atoms with Gasteiger partial charge >= 0.3 is 6.03 Å². The van der Waals surface area contributed by atoms with E-state index in [0.717, 1.165) is 16.8 Å². The molecule has 0 radical (unpaired) electrons. The molecule has 3 nitrogen and oxygen atoms in total. The summed E-state index contributed by atoms with van der Waals surface area (Å²) in [6.07, 6.45) is 0. The van der Waals surface area contributed by atoms with Crippen molar-refractivity contribution in [3.63, 3.8) is 0 Å². The molecule has 0 aliphatic rings. The fraction of sp³-hybridized carbons (Fsp3) is 0.417. The summed E-state index contributed by atoms with van der Waals surface area (Å²) in [6.45, 7) is 7.89. The SMILES string of the molecule is Cc1cc(C)cc(NC(=O)NC(C)C)c1. The Hall–Kier alpha value is -1.51. The number of hydrogen-bond donors (Lipinski definition) is 2. The van der Waals surface area contributed by atoms with Crippen LogP contribution in [0.2, 0.25) is 0 Å². The van der Waals surface area contributed by atoms with E-state index in [0.29, 0.717) is 0 Å². The molecule has 0 fully saturated rings. The molecule has 2 amide bonds. The number of amides is 2. The van der Waals surface area contributed by atoms with Gasteiger partial charge in [0.25, 0.3) is 0 Å². The summed E-state index contributed by atoms with van der Waals surface area (Å²) in [5.74, 6) is 0. The Balaban J connectivity index is 2.68. The lowest BCUT2D eigenvalue weighted by Gasteiger charge is -2.11. The smallest absolute Gasteiger partial charge is 0.319 e. The maximum absolute atomic E-state index is 11.4. The molecule has 82 valence electrons. The number of urea groups is 1. The highest BCUT2D eigenvalue weighted by Crippen LogP contribution is 2.13. The fourth-order valence-corrected chi connectivity index (χ4v) is 1.48. The molecular weight excluding hydrogens is 188 g/mol. The predicted molar refractivity (Wildman–Crippen MR) is 63.2 cm³/mol. The van der Waals surface area contributed by atoms with Crippen molar-refractivity contribution in [3.8, 4) is 0 Å². The van der Waals surface area contributed by atoms with Gasteiger partial charge in [0.15, 0.2) is 0 Å². The van der Waals surface area contributed by atoms with Crippen LogP contribution in [0.3, 0.4) is 0 Å². The van der Waals surface area contributed by atoms with Crippen molar-refractivity contribution in [2.45, 2.75) is 33.7 Å². The van der Waals surface area contributed by atoms with Gasteiger partial charge in [0.2, 0.25) is 0 Å². The van der Waals surface area contributed by atoms with Gasteiger partial charge in [0.1, 0.15) is 0 Å². The van der Waals surface area contributed by atoms with Crippen LogP contribution in [0.1, 0.15) is 25.0 Å². The molecule has 0 saturated carbocycles. The highest BCUT2D eigenvalue weighted by Gasteiger charge is 2.03. The second kappa shape index (κ2) is 4.82. The van der Waals surface area contributed by atoms with Gasteiger partial charge in [0.05, 0.1) is 0 Å². The molecule has 0 heterocycles. The molecule has 1 rings (SSSR count). The van der Waals surface area contributed by atoms with Gasteiger partial charge in [-0.3, -0.25) is 0 Å². The molecule has 15 heavy (non-hydrogen) atoms. The maximum Gasteiger partial charge on any atom is 0.319 e. The lowest BCUT2D eigenvalue weighted by Crippen LogP contribution is -2.34. The molecule has 0 bridgehead atoms. The Kier molecular flexibility index (Phi) is 3.72. The highest BCUT2D eigenvalue weighted by atomic mass is 16.2. The molecule has 1 aromatic rings. The molecule has 0 atom stereocenters. The Morgan fingerprint density at radius 3 is 2.13 bits per heavy atom. The van der Waals surface area contributed by atoms with Gasteiger partial charge in [-0.25, -0.2) is 4.79 Å². The maximum atomic E-state index is 11.4. The van der Waals surface area contributed by atoms with E-state index in [1.54, 1.807) is 0 Å². The van der Waals surface area contributed by atoms with E-state index in [2.05, 4.69) is 16.7 Å². The minimum atomic E-state index is -0.157. The Morgan fingerprint density at radius 2 is 1.67 bits per heavy atom. The number of benzene rings is 1. The van der Waals surface area contributed by atoms with E-state index in [1.165, 1.54) is 0 Å². The van der Waals surface area contributed by atoms with Gasteiger partial charge < -0.3 is 10.6 Å². The van der Waals surface area contributed by atoms with Gasteiger partial charge in [-0.05, 0) is 51.0 Å². The number of nitrogens with one attached hydrogen (secondary N) is 2. The van der Waals surface area contributed by atoms with Crippen LogP contribution < -0.4 is 10.6 Å². The molecule has 0 aliphatic heterocycles. The van der Waals surface area contributed by atoms with Crippen molar-refractivity contribution in [2.24, 2.45) is 0 Å². The number of anilines is 1. The predicted octanol–water partition coefficient (Wildman–Crippen LogP) is 2.83. The number of hydrogen-bond acceptors (Lipinski definition) is 1. The van der Waals surface area contributed by atoms with Crippen LogP contribution >= 0.6 is 0 Å². The molecule has 0 unspecified atom stereocenters. The van der Waals surface area contributed by atoms with Crippen LogP contribution in [0.5, 0.6) is 0 Å². The number of carbonyl (C=O) groups is 1. The molecule has 0 aliphatic carbocycles. The van der Waals surface area contributed by atoms with Crippen molar-refractivity contribution in [2.75, 3.05) is 5.32 Å². The Labute approximate surface area is 90.9 Å². The Morgan fingerprint density at radius 1 is 1.13 bits per heavy atom. The first-order chi connectivity index (χ1) is 6.97. The zero-order valence-electron chi connectivity index (χ0n) is 9.72. The monoisotopic (exact) mass is 206 g/mol. The third-order valence-electron chi connectivity index (χ3n) is 1.90. The quantitative estimate of drug-likeness (QED) is 0.767. The van der Waals surface area contributed by atoms with Gasteiger partial charge in [-0.2, -0.15) is 0 Å². The summed E-state index contributed by atoms with van der Waals surface area (Å²) < 4.78 is 0.